The zero-order chi connectivity index (χ0) is 15.0. The van der Waals surface area contributed by atoms with Crippen molar-refractivity contribution in [3.63, 3.8) is 0 Å². The van der Waals surface area contributed by atoms with Crippen molar-refractivity contribution >= 4 is 5.84 Å². The Morgan fingerprint density at radius 2 is 1.85 bits per heavy atom. The van der Waals surface area contributed by atoms with Gasteiger partial charge in [-0.05, 0) is 49.1 Å². The molecule has 0 aromatic heterocycles. The van der Waals surface area contributed by atoms with Crippen molar-refractivity contribution in [1.82, 2.24) is 0 Å². The quantitative estimate of drug-likeness (QED) is 0.457. The van der Waals surface area contributed by atoms with Crippen LogP contribution in [0.3, 0.4) is 0 Å². The fourth-order valence-corrected chi connectivity index (χ4v) is 1.58. The van der Waals surface area contributed by atoms with Crippen LogP contribution in [0.2, 0.25) is 0 Å². The molecule has 0 spiro atoms. The van der Waals surface area contributed by atoms with Crippen molar-refractivity contribution in [2.24, 2.45) is 21.9 Å². The number of rotatable bonds is 7. The first-order valence-corrected chi connectivity index (χ1v) is 7.15. The molecule has 0 unspecified atom stereocenters. The van der Waals surface area contributed by atoms with Gasteiger partial charge in [0.25, 0.3) is 0 Å². The van der Waals surface area contributed by atoms with E-state index < -0.39 is 0 Å². The summed E-state index contributed by atoms with van der Waals surface area (Å²) >= 11 is 0. The third-order valence-electron chi connectivity index (χ3n) is 2.92. The lowest BCUT2D eigenvalue weighted by molar-refractivity contribution is 0.243. The summed E-state index contributed by atoms with van der Waals surface area (Å²) in [4.78, 5) is 4.28. The molecular weight excluding hydrogens is 250 g/mol. The first kappa shape index (κ1) is 16.5. The number of amidine groups is 1. The van der Waals surface area contributed by atoms with E-state index in [1.807, 2.05) is 24.3 Å². The Morgan fingerprint density at radius 3 is 2.40 bits per heavy atom. The van der Waals surface area contributed by atoms with Crippen LogP contribution in [0.5, 0.6) is 5.75 Å². The molecular formula is C16H27N3O. The van der Waals surface area contributed by atoms with Crippen molar-refractivity contribution in [3.8, 4) is 5.75 Å². The predicted molar refractivity (Wildman–Crippen MR) is 85.3 cm³/mol. The molecule has 0 radical (unpaired) electrons. The van der Waals surface area contributed by atoms with E-state index in [-0.39, 0.29) is 0 Å². The molecule has 1 aromatic rings. The molecule has 0 amide bonds. The Hall–Kier alpha value is -1.55. The molecule has 4 heteroatoms. The van der Waals surface area contributed by atoms with Crippen LogP contribution in [0, 0.1) is 5.41 Å². The van der Waals surface area contributed by atoms with Crippen LogP contribution in [-0.4, -0.2) is 25.5 Å². The maximum absolute atomic E-state index is 5.91. The van der Waals surface area contributed by atoms with E-state index in [4.69, 9.17) is 16.2 Å². The van der Waals surface area contributed by atoms with E-state index >= 15 is 0 Å². The average molecular weight is 277 g/mol. The first-order valence-electron chi connectivity index (χ1n) is 7.15. The lowest BCUT2D eigenvalue weighted by atomic mass is 9.93. The standard InChI is InChI=1S/C16H27N3O/c1-16(2,3)9-12-20-14-7-5-13(6-8-14)15(18)19-11-4-10-17/h5-8H,4,9-12,17H2,1-3H3,(H2,18,19). The zero-order valence-corrected chi connectivity index (χ0v) is 12.9. The molecule has 0 fully saturated rings. The summed E-state index contributed by atoms with van der Waals surface area (Å²) in [7, 11) is 0. The fourth-order valence-electron chi connectivity index (χ4n) is 1.58. The second-order valence-electron chi connectivity index (χ2n) is 6.09. The van der Waals surface area contributed by atoms with Gasteiger partial charge in [0.05, 0.1) is 6.61 Å². The molecule has 0 heterocycles. The molecule has 4 nitrogen and oxygen atoms in total. The summed E-state index contributed by atoms with van der Waals surface area (Å²) in [5.74, 6) is 1.42. The minimum Gasteiger partial charge on any atom is -0.494 e. The molecule has 0 saturated heterocycles. The largest absolute Gasteiger partial charge is 0.494 e. The summed E-state index contributed by atoms with van der Waals surface area (Å²) < 4.78 is 5.72. The van der Waals surface area contributed by atoms with Gasteiger partial charge in [-0.2, -0.15) is 0 Å². The molecule has 0 saturated carbocycles. The van der Waals surface area contributed by atoms with Crippen LogP contribution in [0.25, 0.3) is 0 Å². The highest BCUT2D eigenvalue weighted by Crippen LogP contribution is 2.19. The van der Waals surface area contributed by atoms with Crippen LogP contribution in [0.4, 0.5) is 0 Å². The van der Waals surface area contributed by atoms with Gasteiger partial charge in [-0.3, -0.25) is 4.99 Å². The summed E-state index contributed by atoms with van der Waals surface area (Å²) in [6.07, 6.45) is 1.88. The molecule has 112 valence electrons. The molecule has 0 aliphatic heterocycles. The Balaban J connectivity index is 2.49. The van der Waals surface area contributed by atoms with Gasteiger partial charge in [0.2, 0.25) is 0 Å². The van der Waals surface area contributed by atoms with Crippen molar-refractivity contribution in [3.05, 3.63) is 29.8 Å². The summed E-state index contributed by atoms with van der Waals surface area (Å²) in [6.45, 7) is 8.65. The van der Waals surface area contributed by atoms with Gasteiger partial charge in [-0.25, -0.2) is 0 Å². The van der Waals surface area contributed by atoms with E-state index in [2.05, 4.69) is 25.8 Å². The van der Waals surface area contributed by atoms with Crippen LogP contribution in [0.15, 0.2) is 29.3 Å². The number of aliphatic imine (C=N–C) groups is 1. The molecule has 1 aromatic carbocycles. The maximum atomic E-state index is 5.91. The molecule has 0 aliphatic rings. The second kappa shape index (κ2) is 7.90. The van der Waals surface area contributed by atoms with E-state index in [1.54, 1.807) is 0 Å². The third kappa shape index (κ3) is 6.57. The van der Waals surface area contributed by atoms with E-state index in [9.17, 15) is 0 Å². The Kier molecular flexibility index (Phi) is 6.52. The van der Waals surface area contributed by atoms with E-state index in [1.165, 1.54) is 0 Å². The molecule has 0 aliphatic carbocycles. The lowest BCUT2D eigenvalue weighted by Gasteiger charge is -2.18. The summed E-state index contributed by atoms with van der Waals surface area (Å²) in [6, 6.07) is 7.74. The topological polar surface area (TPSA) is 73.6 Å². The molecule has 0 atom stereocenters. The van der Waals surface area contributed by atoms with Gasteiger partial charge < -0.3 is 16.2 Å². The predicted octanol–water partition coefficient (Wildman–Crippen LogP) is 2.56. The van der Waals surface area contributed by atoms with Gasteiger partial charge in [0.1, 0.15) is 11.6 Å². The minimum atomic E-state index is 0.292. The van der Waals surface area contributed by atoms with Crippen molar-refractivity contribution in [1.29, 1.82) is 0 Å². The molecule has 20 heavy (non-hydrogen) atoms. The summed E-state index contributed by atoms with van der Waals surface area (Å²) in [5.41, 5.74) is 12.5. The molecule has 4 N–H and O–H groups in total. The van der Waals surface area contributed by atoms with Gasteiger partial charge in [0, 0.05) is 12.1 Å². The van der Waals surface area contributed by atoms with E-state index in [0.717, 1.165) is 30.8 Å². The minimum absolute atomic E-state index is 0.292. The maximum Gasteiger partial charge on any atom is 0.125 e. The van der Waals surface area contributed by atoms with Gasteiger partial charge >= 0.3 is 0 Å². The number of hydrogen-bond donors (Lipinski definition) is 2. The van der Waals surface area contributed by atoms with Crippen molar-refractivity contribution in [2.75, 3.05) is 19.7 Å². The van der Waals surface area contributed by atoms with Crippen LogP contribution >= 0.6 is 0 Å². The van der Waals surface area contributed by atoms with Crippen LogP contribution in [0.1, 0.15) is 39.2 Å². The number of benzene rings is 1. The van der Waals surface area contributed by atoms with E-state index in [0.29, 0.717) is 24.3 Å². The number of nitrogens with two attached hydrogens (primary N) is 2. The van der Waals surface area contributed by atoms with Gasteiger partial charge in [-0.1, -0.05) is 20.8 Å². The lowest BCUT2D eigenvalue weighted by Crippen LogP contribution is -2.15. The Bertz CT molecular complexity index is 418. The van der Waals surface area contributed by atoms with Gasteiger partial charge in [0.15, 0.2) is 0 Å². The van der Waals surface area contributed by atoms with Crippen LogP contribution < -0.4 is 16.2 Å². The molecule has 0 bridgehead atoms. The number of ether oxygens (including phenoxy) is 1. The monoisotopic (exact) mass is 277 g/mol. The summed E-state index contributed by atoms with van der Waals surface area (Å²) in [5, 5.41) is 0. The van der Waals surface area contributed by atoms with Crippen molar-refractivity contribution in [2.45, 2.75) is 33.6 Å². The Labute approximate surface area is 122 Å². The van der Waals surface area contributed by atoms with Crippen molar-refractivity contribution < 1.29 is 4.74 Å². The highest BCUT2D eigenvalue weighted by atomic mass is 16.5. The highest BCUT2D eigenvalue weighted by molar-refractivity contribution is 5.97. The van der Waals surface area contributed by atoms with Gasteiger partial charge in [-0.15, -0.1) is 0 Å². The van der Waals surface area contributed by atoms with Crippen LogP contribution in [-0.2, 0) is 0 Å². The SMILES string of the molecule is CC(C)(C)CCOc1ccc(C(N)=NCCCN)cc1. The first-order chi connectivity index (χ1) is 9.42. The zero-order valence-electron chi connectivity index (χ0n) is 12.9. The normalized spacial score (nSPS) is 12.5. The second-order valence-corrected chi connectivity index (χ2v) is 6.09. The highest BCUT2D eigenvalue weighted by Gasteiger charge is 2.09. The fraction of sp³-hybridized carbons (Fsp3) is 0.562. The molecule has 1 rings (SSSR count). The number of hydrogen-bond acceptors (Lipinski definition) is 3. The Morgan fingerprint density at radius 1 is 1.20 bits per heavy atom. The average Bonchev–Trinajstić information content (AvgIpc) is 2.38. The number of nitrogens with zero attached hydrogens (tertiary/aromatic N) is 1. The third-order valence-corrected chi connectivity index (χ3v) is 2.92. The smallest absolute Gasteiger partial charge is 0.125 e.